The summed E-state index contributed by atoms with van der Waals surface area (Å²) in [6.45, 7) is 3.03. The topological polar surface area (TPSA) is 155 Å². The SMILES string of the molecule is COCCN1CC(=O)NC2CCc3c(c(nn3C)C(=O)NCCCN(C(=O)c3nc(-c4ccc(F)cc4)[nH]c3C)CCCC1=O)C2. The van der Waals surface area contributed by atoms with Crippen molar-refractivity contribution >= 4 is 23.6 Å². The van der Waals surface area contributed by atoms with Crippen LogP contribution in [0.2, 0.25) is 0 Å². The average molecular weight is 637 g/mol. The minimum atomic E-state index is -0.373. The third-order valence-electron chi connectivity index (χ3n) is 8.49. The summed E-state index contributed by atoms with van der Waals surface area (Å²) in [5.74, 6) is -1.04. The Morgan fingerprint density at radius 3 is 2.63 bits per heavy atom. The van der Waals surface area contributed by atoms with Gasteiger partial charge in [0.15, 0.2) is 5.69 Å². The van der Waals surface area contributed by atoms with Crippen molar-refractivity contribution < 1.29 is 28.3 Å². The summed E-state index contributed by atoms with van der Waals surface area (Å²) in [6, 6.07) is 5.65. The number of nitrogens with zero attached hydrogens (tertiary/aromatic N) is 5. The number of hydrogen-bond donors (Lipinski definition) is 3. The molecule has 2 bridgehead atoms. The van der Waals surface area contributed by atoms with Gasteiger partial charge in [-0.25, -0.2) is 9.37 Å². The lowest BCUT2D eigenvalue weighted by molar-refractivity contribution is -0.137. The summed E-state index contributed by atoms with van der Waals surface area (Å²) in [6.07, 6.45) is 2.79. The molecule has 246 valence electrons. The van der Waals surface area contributed by atoms with E-state index in [9.17, 15) is 23.6 Å². The van der Waals surface area contributed by atoms with E-state index < -0.39 is 0 Å². The molecule has 3 heterocycles. The molecule has 1 aliphatic heterocycles. The highest BCUT2D eigenvalue weighted by Gasteiger charge is 2.30. The predicted molar refractivity (Wildman–Crippen MR) is 166 cm³/mol. The van der Waals surface area contributed by atoms with Gasteiger partial charge < -0.3 is 30.2 Å². The lowest BCUT2D eigenvalue weighted by Gasteiger charge is -2.27. The van der Waals surface area contributed by atoms with Crippen molar-refractivity contribution in [3.8, 4) is 11.4 Å². The third kappa shape index (κ3) is 7.61. The molecular formula is C32H41FN8O5. The van der Waals surface area contributed by atoms with Crippen molar-refractivity contribution in [1.29, 1.82) is 0 Å². The molecule has 4 amide bonds. The van der Waals surface area contributed by atoms with Crippen molar-refractivity contribution in [2.45, 2.75) is 51.5 Å². The summed E-state index contributed by atoms with van der Waals surface area (Å²) < 4.78 is 20.4. The number of hydrogen-bond acceptors (Lipinski definition) is 7. The van der Waals surface area contributed by atoms with Crippen LogP contribution in [0.4, 0.5) is 4.39 Å². The maximum absolute atomic E-state index is 13.8. The van der Waals surface area contributed by atoms with Crippen LogP contribution in [0, 0.1) is 12.7 Å². The molecular weight excluding hydrogens is 595 g/mol. The number of imidazole rings is 1. The zero-order chi connectivity index (χ0) is 32.8. The fourth-order valence-electron chi connectivity index (χ4n) is 6.05. The lowest BCUT2D eigenvalue weighted by atomic mass is 9.91. The second-order valence-electron chi connectivity index (χ2n) is 11.8. The van der Waals surface area contributed by atoms with Crippen LogP contribution >= 0.6 is 0 Å². The summed E-state index contributed by atoms with van der Waals surface area (Å²) in [5.41, 5.74) is 3.54. The maximum Gasteiger partial charge on any atom is 0.274 e. The Hall–Kier alpha value is -4.59. The zero-order valence-electron chi connectivity index (χ0n) is 26.5. The highest BCUT2D eigenvalue weighted by Crippen LogP contribution is 2.25. The molecule has 0 saturated heterocycles. The first-order valence-corrected chi connectivity index (χ1v) is 15.7. The van der Waals surface area contributed by atoms with Gasteiger partial charge in [0, 0.05) is 75.3 Å². The second-order valence-corrected chi connectivity index (χ2v) is 11.8. The van der Waals surface area contributed by atoms with Crippen LogP contribution in [-0.2, 0) is 34.2 Å². The van der Waals surface area contributed by atoms with E-state index in [1.807, 2.05) is 7.05 Å². The standard InChI is InChI=1S/C32H41FN8O5/c1-20-28(37-30(35-20)21-7-9-22(33)10-8-21)32(45)40-14-4-6-27(43)41(16-17-46-3)19-26(42)36-23-11-12-25-24(18-23)29(38-39(25)2)31(44)34-13-5-15-40/h7-10,23H,4-6,11-19H2,1-3H3,(H,34,44)(H,35,37)(H,36,42). The van der Waals surface area contributed by atoms with Gasteiger partial charge in [-0.2, -0.15) is 5.10 Å². The number of nitrogens with one attached hydrogen (secondary N) is 3. The van der Waals surface area contributed by atoms with E-state index in [1.165, 1.54) is 24.1 Å². The molecule has 2 aromatic heterocycles. The molecule has 1 atom stereocenters. The maximum atomic E-state index is 13.8. The van der Waals surface area contributed by atoms with Crippen LogP contribution < -0.4 is 10.6 Å². The van der Waals surface area contributed by atoms with E-state index in [0.717, 1.165) is 11.3 Å². The first-order chi connectivity index (χ1) is 22.1. The van der Waals surface area contributed by atoms with Crippen molar-refractivity contribution in [3.63, 3.8) is 0 Å². The smallest absolute Gasteiger partial charge is 0.274 e. The number of aromatic amines is 1. The fraction of sp³-hybridized carbons (Fsp3) is 0.500. The van der Waals surface area contributed by atoms with Crippen LogP contribution in [0.1, 0.15) is 63.6 Å². The highest BCUT2D eigenvalue weighted by molar-refractivity contribution is 5.95. The van der Waals surface area contributed by atoms with E-state index in [4.69, 9.17) is 4.74 Å². The number of aryl methyl sites for hydroxylation is 2. The number of methoxy groups -OCH3 is 1. The molecule has 0 radical (unpaired) electrons. The quantitative estimate of drug-likeness (QED) is 0.386. The first-order valence-electron chi connectivity index (χ1n) is 15.7. The Labute approximate surface area is 266 Å². The number of carbonyl (C=O) groups is 4. The number of benzene rings is 1. The summed E-state index contributed by atoms with van der Waals surface area (Å²) in [7, 11) is 3.35. The molecule has 1 unspecified atom stereocenters. The Morgan fingerprint density at radius 2 is 1.87 bits per heavy atom. The van der Waals surface area contributed by atoms with Gasteiger partial charge in [0.25, 0.3) is 11.8 Å². The van der Waals surface area contributed by atoms with Gasteiger partial charge in [-0.05, 0) is 63.3 Å². The number of ether oxygens (including phenoxy) is 1. The van der Waals surface area contributed by atoms with Crippen molar-refractivity contribution in [1.82, 2.24) is 40.2 Å². The third-order valence-corrected chi connectivity index (χ3v) is 8.49. The normalized spacial score (nSPS) is 18.5. The molecule has 1 aromatic carbocycles. The zero-order valence-corrected chi connectivity index (χ0v) is 26.5. The van der Waals surface area contributed by atoms with Gasteiger partial charge in [-0.15, -0.1) is 0 Å². The van der Waals surface area contributed by atoms with E-state index in [-0.39, 0.29) is 73.8 Å². The van der Waals surface area contributed by atoms with Gasteiger partial charge >= 0.3 is 0 Å². The highest BCUT2D eigenvalue weighted by atomic mass is 19.1. The number of halogens is 1. The number of aromatic nitrogens is 4. The molecule has 46 heavy (non-hydrogen) atoms. The number of H-pyrrole nitrogens is 1. The summed E-state index contributed by atoms with van der Waals surface area (Å²) >= 11 is 0. The van der Waals surface area contributed by atoms with E-state index in [0.29, 0.717) is 68.0 Å². The van der Waals surface area contributed by atoms with Crippen LogP contribution in [0.25, 0.3) is 11.4 Å². The van der Waals surface area contributed by atoms with Crippen LogP contribution in [0.3, 0.4) is 0 Å². The van der Waals surface area contributed by atoms with E-state index in [1.54, 1.807) is 28.6 Å². The Morgan fingerprint density at radius 1 is 1.11 bits per heavy atom. The predicted octanol–water partition coefficient (Wildman–Crippen LogP) is 1.76. The van der Waals surface area contributed by atoms with Crippen LogP contribution in [0.15, 0.2) is 24.3 Å². The van der Waals surface area contributed by atoms with Gasteiger partial charge in [0.05, 0.1) is 13.2 Å². The Kier molecular flexibility index (Phi) is 10.5. The van der Waals surface area contributed by atoms with E-state index >= 15 is 0 Å². The lowest BCUT2D eigenvalue weighted by Crippen LogP contribution is -2.47. The van der Waals surface area contributed by atoms with Crippen molar-refractivity contribution in [2.75, 3.05) is 46.4 Å². The number of amides is 4. The number of fused-ring (bicyclic) bond motifs is 1. The Balaban J connectivity index is 1.37. The molecule has 0 fully saturated rings. The Bertz CT molecular complexity index is 1580. The minimum Gasteiger partial charge on any atom is -0.383 e. The van der Waals surface area contributed by atoms with Crippen molar-refractivity contribution in [2.24, 2.45) is 7.05 Å². The summed E-state index contributed by atoms with van der Waals surface area (Å²) in [4.78, 5) is 64.2. The second kappa shape index (κ2) is 14.7. The molecule has 0 saturated carbocycles. The molecule has 1 aliphatic carbocycles. The first kappa shape index (κ1) is 32.8. The van der Waals surface area contributed by atoms with Gasteiger partial charge in [0.2, 0.25) is 11.8 Å². The average Bonchev–Trinajstić information content (AvgIpc) is 3.58. The molecule has 14 heteroatoms. The fourth-order valence-corrected chi connectivity index (χ4v) is 6.05. The minimum absolute atomic E-state index is 0.118. The molecule has 5 rings (SSSR count). The van der Waals surface area contributed by atoms with Gasteiger partial charge in [-0.1, -0.05) is 0 Å². The van der Waals surface area contributed by atoms with Crippen molar-refractivity contribution in [3.05, 3.63) is 58.4 Å². The van der Waals surface area contributed by atoms with Gasteiger partial charge in [-0.3, -0.25) is 23.9 Å². The number of rotatable bonds is 5. The monoisotopic (exact) mass is 636 g/mol. The molecule has 0 spiro atoms. The van der Waals surface area contributed by atoms with E-state index in [2.05, 4.69) is 25.7 Å². The molecule has 3 aromatic rings. The molecule has 13 nitrogen and oxygen atoms in total. The number of carbonyl (C=O) groups excluding carboxylic acids is 4. The summed E-state index contributed by atoms with van der Waals surface area (Å²) in [5, 5.41) is 10.5. The van der Waals surface area contributed by atoms with Crippen LogP contribution in [-0.4, -0.2) is 106 Å². The van der Waals surface area contributed by atoms with Crippen LogP contribution in [0.5, 0.6) is 0 Å². The largest absolute Gasteiger partial charge is 0.383 e. The van der Waals surface area contributed by atoms with Gasteiger partial charge in [0.1, 0.15) is 17.3 Å². The molecule has 3 N–H and O–H groups in total. The molecule has 2 aliphatic rings.